The lowest BCUT2D eigenvalue weighted by Gasteiger charge is -2.26. The number of imidazole rings is 1. The smallest absolute Gasteiger partial charge is 0.407 e. The van der Waals surface area contributed by atoms with Gasteiger partial charge in [0.05, 0.1) is 17.3 Å². The van der Waals surface area contributed by atoms with Crippen molar-refractivity contribution in [2.75, 3.05) is 18.8 Å². The van der Waals surface area contributed by atoms with Gasteiger partial charge < -0.3 is 19.7 Å². The van der Waals surface area contributed by atoms with Crippen LogP contribution in [-0.4, -0.2) is 50.2 Å². The molecule has 1 aliphatic heterocycles. The molecule has 3 atom stereocenters. The van der Waals surface area contributed by atoms with E-state index in [-0.39, 0.29) is 23.7 Å². The number of hydrogen-bond acceptors (Lipinski definition) is 4. The second kappa shape index (κ2) is 6.65. The molecule has 0 unspecified atom stereocenters. The van der Waals surface area contributed by atoms with Crippen molar-refractivity contribution >= 4 is 29.3 Å². The van der Waals surface area contributed by atoms with E-state index in [0.29, 0.717) is 13.1 Å². The van der Waals surface area contributed by atoms with Crippen molar-refractivity contribution in [1.29, 1.82) is 0 Å². The molecule has 2 aromatic rings. The molecule has 29 heavy (non-hydrogen) atoms. The van der Waals surface area contributed by atoms with Crippen molar-refractivity contribution in [2.24, 2.45) is 23.7 Å². The van der Waals surface area contributed by atoms with Crippen LogP contribution in [0.2, 0.25) is 0 Å². The molecule has 5 rings (SSSR count). The minimum absolute atomic E-state index is 0.00560. The van der Waals surface area contributed by atoms with Gasteiger partial charge in [-0.05, 0) is 56.6 Å². The van der Waals surface area contributed by atoms with Gasteiger partial charge in [-0.3, -0.25) is 4.79 Å². The van der Waals surface area contributed by atoms with Crippen LogP contribution in [-0.2, 0) is 10.3 Å². The molecule has 2 aromatic heterocycles. The fourth-order valence-electron chi connectivity index (χ4n) is 4.59. The van der Waals surface area contributed by atoms with Gasteiger partial charge in [0.2, 0.25) is 5.91 Å². The van der Waals surface area contributed by atoms with Crippen LogP contribution in [0.4, 0.5) is 4.79 Å². The molecule has 0 radical (unpaired) electrons. The van der Waals surface area contributed by atoms with Gasteiger partial charge in [0.1, 0.15) is 5.82 Å². The van der Waals surface area contributed by atoms with E-state index in [2.05, 4.69) is 20.8 Å². The van der Waals surface area contributed by atoms with E-state index in [4.69, 9.17) is 5.11 Å². The van der Waals surface area contributed by atoms with E-state index in [1.54, 1.807) is 0 Å². The Morgan fingerprint density at radius 2 is 2.03 bits per heavy atom. The summed E-state index contributed by atoms with van der Waals surface area (Å²) >= 11 is 1.89. The third-order valence-electron chi connectivity index (χ3n) is 6.47. The molecule has 2 aliphatic carbocycles. The van der Waals surface area contributed by atoms with Crippen LogP contribution >= 0.6 is 11.8 Å². The maximum atomic E-state index is 12.9. The molecular weight excluding hydrogens is 388 g/mol. The highest BCUT2D eigenvalue weighted by molar-refractivity contribution is 7.99. The first-order valence-electron chi connectivity index (χ1n) is 10.2. The molecule has 1 saturated heterocycles. The van der Waals surface area contributed by atoms with Crippen molar-refractivity contribution in [2.45, 2.75) is 37.1 Å². The normalized spacial score (nSPS) is 25.9. The number of nitrogens with zero attached hydrogens (tertiary/aromatic N) is 3. The summed E-state index contributed by atoms with van der Waals surface area (Å²) in [6, 6.07) is 4.18. The Morgan fingerprint density at radius 3 is 2.69 bits per heavy atom. The van der Waals surface area contributed by atoms with Gasteiger partial charge in [-0.15, -0.1) is 11.8 Å². The summed E-state index contributed by atoms with van der Waals surface area (Å²) in [5.41, 5.74) is 0.461. The second-order valence-corrected chi connectivity index (χ2v) is 10.2. The Bertz CT molecular complexity index is 971. The lowest BCUT2D eigenvalue weighted by molar-refractivity contribution is -0.125. The Labute approximate surface area is 173 Å². The molecule has 2 N–H and O–H groups in total. The number of pyridine rings is 1. The van der Waals surface area contributed by atoms with E-state index in [1.807, 2.05) is 44.1 Å². The van der Waals surface area contributed by atoms with E-state index in [1.165, 1.54) is 22.6 Å². The molecule has 0 bridgehead atoms. The van der Waals surface area contributed by atoms with Gasteiger partial charge in [-0.2, -0.15) is 0 Å². The number of rotatable bonds is 6. The number of piperidine rings is 1. The third kappa shape index (κ3) is 3.37. The molecule has 0 aromatic carbocycles. The molecule has 7 nitrogen and oxygen atoms in total. The molecule has 154 valence electrons. The number of carbonyl (C=O) groups excluding carboxylic acids is 1. The quantitative estimate of drug-likeness (QED) is 0.710. The fraction of sp³-hybridized carbons (Fsp3) is 0.571. The zero-order valence-corrected chi connectivity index (χ0v) is 17.5. The number of carbonyl (C=O) groups is 2. The van der Waals surface area contributed by atoms with E-state index >= 15 is 0 Å². The average molecular weight is 415 g/mol. The molecule has 3 heterocycles. The van der Waals surface area contributed by atoms with Crippen LogP contribution in [0.1, 0.15) is 32.5 Å². The average Bonchev–Trinajstić information content (AvgIpc) is 3.52. The number of aromatic nitrogens is 2. The molecule has 0 spiro atoms. The van der Waals surface area contributed by atoms with Crippen LogP contribution in [0.25, 0.3) is 5.52 Å². The topological polar surface area (TPSA) is 86.9 Å². The molecule has 8 heteroatoms. The molecule has 2 saturated carbocycles. The zero-order chi connectivity index (χ0) is 20.3. The monoisotopic (exact) mass is 414 g/mol. The number of likely N-dealkylation sites (tertiary alicyclic amines) is 1. The minimum atomic E-state index is -0.893. The first kappa shape index (κ1) is 18.8. The summed E-state index contributed by atoms with van der Waals surface area (Å²) in [5, 5.41) is 12.3. The largest absolute Gasteiger partial charge is 0.465 e. The van der Waals surface area contributed by atoms with Crippen molar-refractivity contribution in [3.8, 4) is 0 Å². The second-order valence-electron chi connectivity index (χ2n) is 9.12. The summed E-state index contributed by atoms with van der Waals surface area (Å²) in [4.78, 5) is 31.3. The fourth-order valence-corrected chi connectivity index (χ4v) is 5.81. The van der Waals surface area contributed by atoms with Gasteiger partial charge in [-0.1, -0.05) is 0 Å². The zero-order valence-electron chi connectivity index (χ0n) is 16.7. The van der Waals surface area contributed by atoms with Crippen LogP contribution in [0.15, 0.2) is 29.4 Å². The van der Waals surface area contributed by atoms with Crippen molar-refractivity contribution in [3.05, 3.63) is 30.4 Å². The van der Waals surface area contributed by atoms with Gasteiger partial charge in [0, 0.05) is 35.9 Å². The predicted octanol–water partition coefficient (Wildman–Crippen LogP) is 3.04. The lowest BCUT2D eigenvalue weighted by atomic mass is 10.0. The number of carboxylic acid groups (broad SMARTS) is 1. The summed E-state index contributed by atoms with van der Waals surface area (Å²) < 4.78 is 2.08. The van der Waals surface area contributed by atoms with Crippen molar-refractivity contribution in [1.82, 2.24) is 19.6 Å². The van der Waals surface area contributed by atoms with Crippen LogP contribution in [0, 0.1) is 23.7 Å². The molecule has 2 amide bonds. The first-order chi connectivity index (χ1) is 13.8. The van der Waals surface area contributed by atoms with E-state index in [9.17, 15) is 9.59 Å². The summed E-state index contributed by atoms with van der Waals surface area (Å²) in [6.07, 6.45) is 5.69. The number of amides is 2. The summed E-state index contributed by atoms with van der Waals surface area (Å²) in [7, 11) is 0. The maximum absolute atomic E-state index is 12.9. The summed E-state index contributed by atoms with van der Waals surface area (Å²) in [6.45, 7) is 4.88. The van der Waals surface area contributed by atoms with Gasteiger partial charge in [-0.25, -0.2) is 9.78 Å². The van der Waals surface area contributed by atoms with Crippen LogP contribution in [0.3, 0.4) is 0 Å². The van der Waals surface area contributed by atoms with Gasteiger partial charge >= 0.3 is 6.09 Å². The van der Waals surface area contributed by atoms with Crippen LogP contribution < -0.4 is 5.32 Å². The van der Waals surface area contributed by atoms with Crippen LogP contribution in [0.5, 0.6) is 0 Å². The van der Waals surface area contributed by atoms with Crippen molar-refractivity contribution in [3.63, 3.8) is 0 Å². The Balaban J connectivity index is 1.30. The lowest BCUT2D eigenvalue weighted by Crippen LogP contribution is -2.44. The Kier molecular flexibility index (Phi) is 4.31. The van der Waals surface area contributed by atoms with Gasteiger partial charge in [0.15, 0.2) is 0 Å². The highest BCUT2D eigenvalue weighted by Gasteiger charge is 2.60. The highest BCUT2D eigenvalue weighted by atomic mass is 32.2. The minimum Gasteiger partial charge on any atom is -0.465 e. The number of fused-ring (bicyclic) bond motifs is 2. The summed E-state index contributed by atoms with van der Waals surface area (Å²) in [5.74, 6) is 3.06. The Morgan fingerprint density at radius 1 is 1.31 bits per heavy atom. The first-order valence-corrected chi connectivity index (χ1v) is 11.2. The number of thioether (sulfide) groups is 1. The number of hydrogen-bond donors (Lipinski definition) is 2. The molecular formula is C21H26N4O3S. The predicted molar refractivity (Wildman–Crippen MR) is 110 cm³/mol. The maximum Gasteiger partial charge on any atom is 0.407 e. The van der Waals surface area contributed by atoms with Gasteiger partial charge in [0.25, 0.3) is 0 Å². The van der Waals surface area contributed by atoms with E-state index in [0.717, 1.165) is 23.0 Å². The highest BCUT2D eigenvalue weighted by Crippen LogP contribution is 2.52. The number of nitrogens with one attached hydrogen (secondary N) is 1. The standard InChI is InChI=1S/C21H26N4O3S/c1-21(2,23-18(26)17-13-9-24(20(27)28)10-14(13)17)19-22-8-15-16(4-3-7-25(15)19)29-11-12-5-6-12/h3-4,7-8,12-14,17H,5-6,9-11H2,1-2H3,(H,23,26)(H,27,28)/t13-,14+,17-. The Hall–Kier alpha value is -2.22. The molecule has 3 fully saturated rings. The third-order valence-corrected chi connectivity index (χ3v) is 7.76. The van der Waals surface area contributed by atoms with E-state index < -0.39 is 11.6 Å². The molecule has 3 aliphatic rings. The van der Waals surface area contributed by atoms with Crippen molar-refractivity contribution < 1.29 is 14.7 Å². The SMILES string of the molecule is CC(C)(NC(=O)[C@@H]1[C@@H]2CN(C(=O)O)C[C@@H]21)c1ncc2c(SCC3CC3)cccn12.